The highest BCUT2D eigenvalue weighted by molar-refractivity contribution is 14.0. The van der Waals surface area contributed by atoms with Gasteiger partial charge >= 0.3 is 6.18 Å². The summed E-state index contributed by atoms with van der Waals surface area (Å²) in [6.45, 7) is 7.82. The van der Waals surface area contributed by atoms with Gasteiger partial charge in [-0.1, -0.05) is 0 Å². The minimum Gasteiger partial charge on any atom is -0.357 e. The molecule has 2 saturated heterocycles. The van der Waals surface area contributed by atoms with Crippen LogP contribution in [0.3, 0.4) is 0 Å². The molecule has 170 valence electrons. The summed E-state index contributed by atoms with van der Waals surface area (Å²) >= 11 is 0.968. The number of carbonyl (C=O) groups excluding carboxylic acids is 1. The van der Waals surface area contributed by atoms with Crippen LogP contribution in [0.4, 0.5) is 13.2 Å². The van der Waals surface area contributed by atoms with Gasteiger partial charge in [-0.05, 0) is 19.8 Å². The van der Waals surface area contributed by atoms with Crippen LogP contribution >= 0.6 is 35.3 Å². The van der Waals surface area contributed by atoms with Gasteiger partial charge in [0.05, 0.1) is 13.1 Å². The third kappa shape index (κ3) is 6.94. The predicted octanol–water partition coefficient (Wildman–Crippen LogP) is 2.49. The molecule has 0 atom stereocenters. The molecular weight excluding hydrogens is 532 g/mol. The van der Waals surface area contributed by atoms with Crippen molar-refractivity contribution in [2.24, 2.45) is 4.99 Å². The van der Waals surface area contributed by atoms with Crippen LogP contribution in [-0.4, -0.2) is 83.9 Å². The number of amides is 1. The first-order chi connectivity index (χ1) is 13.9. The first kappa shape index (κ1) is 25.1. The van der Waals surface area contributed by atoms with E-state index >= 15 is 0 Å². The number of hydrogen-bond donors (Lipinski definition) is 1. The molecule has 1 amide bonds. The van der Waals surface area contributed by atoms with Crippen LogP contribution in [0.5, 0.6) is 0 Å². The molecule has 0 unspecified atom stereocenters. The summed E-state index contributed by atoms with van der Waals surface area (Å²) in [5.74, 6) is 0.863. The van der Waals surface area contributed by atoms with E-state index in [1.165, 1.54) is 0 Å². The Labute approximate surface area is 195 Å². The molecule has 0 saturated carbocycles. The summed E-state index contributed by atoms with van der Waals surface area (Å²) in [6, 6.07) is 0. The van der Waals surface area contributed by atoms with E-state index in [2.05, 4.69) is 25.1 Å². The fourth-order valence-electron chi connectivity index (χ4n) is 3.46. The summed E-state index contributed by atoms with van der Waals surface area (Å²) in [5.41, 5.74) is -0.867. The molecular formula is C18H28F3IN6OS. The Kier molecular flexibility index (Phi) is 9.60. The van der Waals surface area contributed by atoms with E-state index < -0.39 is 11.9 Å². The number of halogens is 4. The van der Waals surface area contributed by atoms with Gasteiger partial charge in [0.15, 0.2) is 11.7 Å². The smallest absolute Gasteiger partial charge is 0.357 e. The summed E-state index contributed by atoms with van der Waals surface area (Å²) in [5, 5.41) is 4.55. The Morgan fingerprint density at radius 1 is 1.17 bits per heavy atom. The van der Waals surface area contributed by atoms with Crippen molar-refractivity contribution in [3.8, 4) is 0 Å². The number of thiazole rings is 1. The van der Waals surface area contributed by atoms with Crippen molar-refractivity contribution in [2.45, 2.75) is 32.5 Å². The van der Waals surface area contributed by atoms with Crippen molar-refractivity contribution in [1.29, 1.82) is 0 Å². The normalized spacial score (nSPS) is 18.5. The monoisotopic (exact) mass is 560 g/mol. The fraction of sp³-hybridized carbons (Fsp3) is 0.722. The molecule has 7 nitrogen and oxygen atoms in total. The second-order valence-corrected chi connectivity index (χ2v) is 8.09. The van der Waals surface area contributed by atoms with Crippen LogP contribution in [0, 0.1) is 0 Å². The first-order valence-electron chi connectivity index (χ1n) is 9.92. The topological polar surface area (TPSA) is 64.1 Å². The highest BCUT2D eigenvalue weighted by Gasteiger charge is 2.33. The zero-order valence-corrected chi connectivity index (χ0v) is 20.1. The number of nitrogens with zero attached hydrogens (tertiary/aromatic N) is 5. The minimum absolute atomic E-state index is 0. The van der Waals surface area contributed by atoms with Gasteiger partial charge < -0.3 is 15.1 Å². The van der Waals surface area contributed by atoms with E-state index in [-0.39, 0.29) is 36.4 Å². The van der Waals surface area contributed by atoms with E-state index in [4.69, 9.17) is 0 Å². The lowest BCUT2D eigenvalue weighted by atomic mass is 10.3. The third-order valence-electron chi connectivity index (χ3n) is 5.03. The predicted molar refractivity (Wildman–Crippen MR) is 121 cm³/mol. The maximum absolute atomic E-state index is 12.7. The molecule has 0 aliphatic carbocycles. The molecule has 0 bridgehead atoms. The molecule has 2 fully saturated rings. The van der Waals surface area contributed by atoms with E-state index in [1.807, 2.05) is 11.8 Å². The lowest BCUT2D eigenvalue weighted by molar-refractivity contribution is -0.140. The molecule has 30 heavy (non-hydrogen) atoms. The average molecular weight is 560 g/mol. The Morgan fingerprint density at radius 3 is 2.40 bits per heavy atom. The quantitative estimate of drug-likeness (QED) is 0.341. The standard InChI is InChI=1S/C18H27F3N6OS.HI/c1-2-22-17(23-11-15-24-14(13-29-15)18(19,20)21)27-9-7-25(8-10-27)12-16(28)26-5-3-4-6-26;/h13H,2-12H2,1H3,(H,22,23);1H. The Bertz CT molecular complexity index is 715. The number of guanidine groups is 1. The number of rotatable bonds is 5. The molecule has 2 aliphatic heterocycles. The highest BCUT2D eigenvalue weighted by atomic mass is 127. The van der Waals surface area contributed by atoms with Gasteiger partial charge in [0.1, 0.15) is 5.01 Å². The number of aliphatic imine (C=N–C) groups is 1. The second-order valence-electron chi connectivity index (χ2n) is 7.15. The molecule has 1 aromatic rings. The van der Waals surface area contributed by atoms with E-state index in [1.54, 1.807) is 0 Å². The number of hydrogen-bond acceptors (Lipinski definition) is 5. The lowest BCUT2D eigenvalue weighted by Crippen LogP contribution is -2.54. The lowest BCUT2D eigenvalue weighted by Gasteiger charge is -2.36. The molecule has 12 heteroatoms. The van der Waals surface area contributed by atoms with Gasteiger partial charge in [0, 0.05) is 51.2 Å². The van der Waals surface area contributed by atoms with Crippen molar-refractivity contribution in [2.75, 3.05) is 52.4 Å². The average Bonchev–Trinajstić information content (AvgIpc) is 3.37. The first-order valence-corrected chi connectivity index (χ1v) is 10.8. The van der Waals surface area contributed by atoms with E-state index in [0.29, 0.717) is 37.1 Å². The van der Waals surface area contributed by atoms with Crippen LogP contribution < -0.4 is 5.32 Å². The maximum atomic E-state index is 12.7. The fourth-order valence-corrected chi connectivity index (χ4v) is 4.18. The van der Waals surface area contributed by atoms with E-state index in [0.717, 1.165) is 55.7 Å². The molecule has 0 aromatic carbocycles. The van der Waals surface area contributed by atoms with E-state index in [9.17, 15) is 18.0 Å². The number of aromatic nitrogens is 1. The number of carbonyl (C=O) groups is 1. The van der Waals surface area contributed by atoms with Gasteiger partial charge in [0.2, 0.25) is 5.91 Å². The zero-order valence-electron chi connectivity index (χ0n) is 17.0. The van der Waals surface area contributed by atoms with Crippen LogP contribution in [0.25, 0.3) is 0 Å². The summed E-state index contributed by atoms with van der Waals surface area (Å²) in [4.78, 5) is 26.6. The van der Waals surface area contributed by atoms with Crippen molar-refractivity contribution in [3.05, 3.63) is 16.1 Å². The molecule has 0 radical (unpaired) electrons. The number of likely N-dealkylation sites (tertiary alicyclic amines) is 1. The van der Waals surface area contributed by atoms with Crippen LogP contribution in [-0.2, 0) is 17.5 Å². The van der Waals surface area contributed by atoms with Crippen molar-refractivity contribution in [3.63, 3.8) is 0 Å². The molecule has 3 heterocycles. The van der Waals surface area contributed by atoms with Gasteiger partial charge in [-0.3, -0.25) is 9.69 Å². The molecule has 1 aromatic heterocycles. The SMILES string of the molecule is CCNC(=NCc1nc(C(F)(F)F)cs1)N1CCN(CC(=O)N2CCCC2)CC1.I. The third-order valence-corrected chi connectivity index (χ3v) is 5.86. The summed E-state index contributed by atoms with van der Waals surface area (Å²) in [6.07, 6.45) is -2.25. The molecule has 3 rings (SSSR count). The number of piperazine rings is 1. The summed E-state index contributed by atoms with van der Waals surface area (Å²) in [7, 11) is 0. The van der Waals surface area contributed by atoms with Crippen LogP contribution in [0.15, 0.2) is 10.4 Å². The summed E-state index contributed by atoms with van der Waals surface area (Å²) < 4.78 is 38.1. The van der Waals surface area contributed by atoms with Crippen molar-refractivity contribution in [1.82, 2.24) is 25.0 Å². The second kappa shape index (κ2) is 11.5. The molecule has 2 aliphatic rings. The van der Waals surface area contributed by atoms with Gasteiger partial charge in [-0.25, -0.2) is 9.98 Å². The zero-order chi connectivity index (χ0) is 20.9. The van der Waals surface area contributed by atoms with Crippen molar-refractivity contribution >= 4 is 47.2 Å². The van der Waals surface area contributed by atoms with Gasteiger partial charge in [0.25, 0.3) is 0 Å². The van der Waals surface area contributed by atoms with Gasteiger partial charge in [-0.15, -0.1) is 35.3 Å². The maximum Gasteiger partial charge on any atom is 0.434 e. The Hall–Kier alpha value is -1.15. The van der Waals surface area contributed by atoms with Gasteiger partial charge in [-0.2, -0.15) is 13.2 Å². The van der Waals surface area contributed by atoms with Crippen molar-refractivity contribution < 1.29 is 18.0 Å². The van der Waals surface area contributed by atoms with Crippen LogP contribution in [0.1, 0.15) is 30.5 Å². The largest absolute Gasteiger partial charge is 0.434 e. The van der Waals surface area contributed by atoms with Crippen LogP contribution in [0.2, 0.25) is 0 Å². The molecule has 1 N–H and O–H groups in total. The molecule has 0 spiro atoms. The number of nitrogens with one attached hydrogen (secondary N) is 1. The number of alkyl halides is 3. The minimum atomic E-state index is -4.42. The highest BCUT2D eigenvalue weighted by Crippen LogP contribution is 2.30. The Balaban J connectivity index is 0.00000320. The Morgan fingerprint density at radius 2 is 1.83 bits per heavy atom.